The van der Waals surface area contributed by atoms with Gasteiger partial charge in [-0.05, 0) is 32.6 Å². The van der Waals surface area contributed by atoms with Gasteiger partial charge in [0.05, 0.1) is 6.04 Å². The van der Waals surface area contributed by atoms with Gasteiger partial charge in [0.25, 0.3) is 5.56 Å². The topological polar surface area (TPSA) is 66.0 Å². The van der Waals surface area contributed by atoms with Crippen molar-refractivity contribution in [3.63, 3.8) is 0 Å². The number of hydrogen-bond acceptors (Lipinski definition) is 4. The highest BCUT2D eigenvalue weighted by Crippen LogP contribution is 2.26. The zero-order valence-corrected chi connectivity index (χ0v) is 14.4. The molecule has 0 aliphatic rings. The lowest BCUT2D eigenvalue weighted by Gasteiger charge is -2.31. The lowest BCUT2D eigenvalue weighted by atomic mass is 9.99. The minimum atomic E-state index is -0.125. The number of aromatic nitrogens is 3. The summed E-state index contributed by atoms with van der Waals surface area (Å²) < 4.78 is 1.36. The molecule has 2 aromatic heterocycles. The second-order valence-electron chi connectivity index (χ2n) is 6.30. The Morgan fingerprint density at radius 3 is 2.58 bits per heavy atom. The smallest absolute Gasteiger partial charge is 0.290 e. The summed E-state index contributed by atoms with van der Waals surface area (Å²) in [5.41, 5.74) is 1.68. The van der Waals surface area contributed by atoms with Gasteiger partial charge in [0.2, 0.25) is 0 Å². The molecule has 0 bridgehead atoms. The number of hydrogen-bond donors (Lipinski definition) is 2. The number of nitrogens with zero attached hydrogens (tertiary/aromatic N) is 3. The first kappa shape index (κ1) is 16.3. The third-order valence-corrected chi connectivity index (χ3v) is 4.30. The van der Waals surface area contributed by atoms with Crippen molar-refractivity contribution in [2.24, 2.45) is 7.05 Å². The largest absolute Gasteiger partial charge is 0.364 e. The summed E-state index contributed by atoms with van der Waals surface area (Å²) in [6, 6.07) is 12.5. The number of aromatic amines is 1. The predicted octanol–water partition coefficient (Wildman–Crippen LogP) is 2.36. The highest BCUT2D eigenvalue weighted by Gasteiger charge is 2.23. The van der Waals surface area contributed by atoms with Crippen molar-refractivity contribution in [3.05, 3.63) is 58.5 Å². The van der Waals surface area contributed by atoms with Gasteiger partial charge in [-0.1, -0.05) is 30.3 Å². The Morgan fingerprint density at radius 2 is 1.92 bits per heavy atom. The summed E-state index contributed by atoms with van der Waals surface area (Å²) in [6.45, 7) is 2.13. The van der Waals surface area contributed by atoms with Crippen molar-refractivity contribution < 1.29 is 0 Å². The quantitative estimate of drug-likeness (QED) is 0.756. The van der Waals surface area contributed by atoms with Crippen LogP contribution >= 0.6 is 0 Å². The van der Waals surface area contributed by atoms with E-state index < -0.39 is 0 Å². The monoisotopic (exact) mass is 325 g/mol. The Kier molecular flexibility index (Phi) is 4.40. The molecule has 3 aromatic rings. The van der Waals surface area contributed by atoms with Crippen LogP contribution in [0, 0.1) is 0 Å². The van der Waals surface area contributed by atoms with Crippen LogP contribution in [0.2, 0.25) is 0 Å². The fraction of sp³-hybridized carbons (Fsp3) is 0.333. The molecule has 0 saturated heterocycles. The first-order valence-corrected chi connectivity index (χ1v) is 8.01. The van der Waals surface area contributed by atoms with E-state index in [1.165, 1.54) is 10.2 Å². The van der Waals surface area contributed by atoms with E-state index in [0.717, 1.165) is 5.39 Å². The summed E-state index contributed by atoms with van der Waals surface area (Å²) in [7, 11) is 5.80. The van der Waals surface area contributed by atoms with E-state index in [0.29, 0.717) is 11.3 Å². The van der Waals surface area contributed by atoms with Crippen LogP contribution in [0.4, 0.5) is 5.82 Å². The Hall–Kier alpha value is -2.60. The van der Waals surface area contributed by atoms with Crippen molar-refractivity contribution in [1.29, 1.82) is 0 Å². The van der Waals surface area contributed by atoms with Crippen LogP contribution in [-0.4, -0.2) is 39.8 Å². The Morgan fingerprint density at radius 1 is 1.21 bits per heavy atom. The molecule has 0 saturated carbocycles. The van der Waals surface area contributed by atoms with E-state index in [4.69, 9.17) is 0 Å². The molecule has 6 heteroatoms. The van der Waals surface area contributed by atoms with Gasteiger partial charge in [-0.3, -0.25) is 4.79 Å². The van der Waals surface area contributed by atoms with E-state index in [2.05, 4.69) is 53.5 Å². The SMILES string of the molecule is C[C@@H](Nc1nn(C)c(=O)c2[nH]ccc12)[C@@H](c1ccccc1)N(C)C. The maximum Gasteiger partial charge on any atom is 0.290 e. The zero-order chi connectivity index (χ0) is 17.3. The lowest BCUT2D eigenvalue weighted by molar-refractivity contribution is 0.275. The number of benzene rings is 1. The molecule has 3 rings (SSSR count). The van der Waals surface area contributed by atoms with Crippen molar-refractivity contribution in [2.75, 3.05) is 19.4 Å². The first-order valence-electron chi connectivity index (χ1n) is 8.01. The van der Waals surface area contributed by atoms with Crippen LogP contribution in [0.3, 0.4) is 0 Å². The van der Waals surface area contributed by atoms with Crippen molar-refractivity contribution >= 4 is 16.7 Å². The molecule has 0 fully saturated rings. The number of fused-ring (bicyclic) bond motifs is 1. The van der Waals surface area contributed by atoms with Gasteiger partial charge >= 0.3 is 0 Å². The average molecular weight is 325 g/mol. The van der Waals surface area contributed by atoms with Crippen molar-refractivity contribution in [2.45, 2.75) is 19.0 Å². The third kappa shape index (κ3) is 2.92. The lowest BCUT2D eigenvalue weighted by Crippen LogP contribution is -2.35. The Bertz CT molecular complexity index is 881. The van der Waals surface area contributed by atoms with Gasteiger partial charge in [0.15, 0.2) is 5.82 Å². The van der Waals surface area contributed by atoms with Crippen molar-refractivity contribution in [3.8, 4) is 0 Å². The van der Waals surface area contributed by atoms with Gasteiger partial charge < -0.3 is 15.2 Å². The van der Waals surface area contributed by atoms with Gasteiger partial charge in [0.1, 0.15) is 5.52 Å². The molecule has 0 aliphatic heterocycles. The second-order valence-corrected chi connectivity index (χ2v) is 6.30. The molecule has 0 spiro atoms. The molecule has 2 N–H and O–H groups in total. The molecular weight excluding hydrogens is 302 g/mol. The fourth-order valence-electron chi connectivity index (χ4n) is 3.24. The molecule has 0 amide bonds. The highest BCUT2D eigenvalue weighted by molar-refractivity contribution is 5.88. The molecule has 1 aromatic carbocycles. The number of nitrogens with one attached hydrogen (secondary N) is 2. The number of aryl methyl sites for hydroxylation is 1. The van der Waals surface area contributed by atoms with E-state index in [-0.39, 0.29) is 17.6 Å². The maximum absolute atomic E-state index is 12.1. The summed E-state index contributed by atoms with van der Waals surface area (Å²) >= 11 is 0. The summed E-state index contributed by atoms with van der Waals surface area (Å²) in [4.78, 5) is 17.3. The molecule has 0 unspecified atom stereocenters. The van der Waals surface area contributed by atoms with Crippen LogP contribution in [0.5, 0.6) is 0 Å². The van der Waals surface area contributed by atoms with Gasteiger partial charge in [0, 0.05) is 24.7 Å². The van der Waals surface area contributed by atoms with Crippen LogP contribution in [-0.2, 0) is 7.05 Å². The minimum Gasteiger partial charge on any atom is -0.364 e. The normalized spacial score (nSPS) is 14.0. The fourth-order valence-corrected chi connectivity index (χ4v) is 3.24. The summed E-state index contributed by atoms with van der Waals surface area (Å²) in [5.74, 6) is 0.712. The molecule has 24 heavy (non-hydrogen) atoms. The molecule has 0 aliphatic carbocycles. The van der Waals surface area contributed by atoms with E-state index in [1.54, 1.807) is 13.2 Å². The molecule has 126 valence electrons. The average Bonchev–Trinajstić information content (AvgIpc) is 3.03. The van der Waals surface area contributed by atoms with E-state index in [9.17, 15) is 4.79 Å². The number of anilines is 1. The standard InChI is InChI=1S/C18H23N5O/c1-12(16(22(2)3)13-8-6-5-7-9-13)20-17-14-10-11-19-15(14)18(24)23(4)21-17/h5-12,16,19H,1-4H3,(H,20,21)/t12-,16+/m1/s1. The van der Waals surface area contributed by atoms with Crippen LogP contribution < -0.4 is 10.9 Å². The molecule has 6 nitrogen and oxygen atoms in total. The number of likely N-dealkylation sites (N-methyl/N-ethyl adjacent to an activating group) is 1. The van der Waals surface area contributed by atoms with Crippen molar-refractivity contribution in [1.82, 2.24) is 19.7 Å². The maximum atomic E-state index is 12.1. The predicted molar refractivity (Wildman–Crippen MR) is 97.3 cm³/mol. The summed E-state index contributed by atoms with van der Waals surface area (Å²) in [5, 5.41) is 8.70. The third-order valence-electron chi connectivity index (χ3n) is 4.30. The van der Waals surface area contributed by atoms with Gasteiger partial charge in [-0.2, -0.15) is 5.10 Å². The molecule has 2 atom stereocenters. The molecular formula is C18H23N5O. The highest BCUT2D eigenvalue weighted by atomic mass is 16.1. The van der Waals surface area contributed by atoms with Crippen LogP contribution in [0.1, 0.15) is 18.5 Å². The molecule has 2 heterocycles. The second kappa shape index (κ2) is 6.49. The number of rotatable bonds is 5. The van der Waals surface area contributed by atoms with E-state index in [1.807, 2.05) is 24.3 Å². The zero-order valence-electron chi connectivity index (χ0n) is 14.4. The van der Waals surface area contributed by atoms with Gasteiger partial charge in [-0.15, -0.1) is 0 Å². The van der Waals surface area contributed by atoms with Gasteiger partial charge in [-0.25, -0.2) is 4.68 Å². The summed E-state index contributed by atoms with van der Waals surface area (Å²) in [6.07, 6.45) is 1.77. The molecule has 0 radical (unpaired) electrons. The Balaban J connectivity index is 1.97. The number of H-pyrrole nitrogens is 1. The van der Waals surface area contributed by atoms with Crippen LogP contribution in [0.25, 0.3) is 10.9 Å². The Labute approximate surface area is 141 Å². The minimum absolute atomic E-state index is 0.102. The first-order chi connectivity index (χ1) is 11.5. The van der Waals surface area contributed by atoms with Crippen LogP contribution in [0.15, 0.2) is 47.4 Å². The van der Waals surface area contributed by atoms with E-state index >= 15 is 0 Å².